The molecule has 0 aromatic rings. The molecule has 1 aliphatic carbocycles. The zero-order valence-corrected chi connectivity index (χ0v) is 12.6. The van der Waals surface area contributed by atoms with Gasteiger partial charge < -0.3 is 10.0 Å². The number of likely N-dealkylation sites (N-methyl/N-ethyl adjacent to an activating group) is 1. The molecule has 0 bridgehead atoms. The molecule has 18 heavy (non-hydrogen) atoms. The number of aliphatic hydroxyl groups is 1. The minimum absolute atomic E-state index is 0.167. The predicted molar refractivity (Wildman–Crippen MR) is 74.3 cm³/mol. The van der Waals surface area contributed by atoms with Crippen molar-refractivity contribution in [3.05, 3.63) is 0 Å². The minimum atomic E-state index is -0.809. The van der Waals surface area contributed by atoms with E-state index in [2.05, 4.69) is 13.8 Å². The Morgan fingerprint density at radius 3 is 2.56 bits per heavy atom. The monoisotopic (exact) mass is 255 g/mol. The maximum Gasteiger partial charge on any atom is 0.222 e. The number of carbonyl (C=O) groups excluding carboxylic acids is 1. The number of amides is 1. The standard InChI is InChI=1S/C15H29NO2/c1-14(2)8-6-7-12(10-14)9-13(17)16(5)11-15(3,4)18/h12,18H,6-11H2,1-5H3. The highest BCUT2D eigenvalue weighted by Crippen LogP contribution is 2.39. The lowest BCUT2D eigenvalue weighted by molar-refractivity contribution is -0.134. The summed E-state index contributed by atoms with van der Waals surface area (Å²) in [6, 6.07) is 0. The number of hydrogen-bond donors (Lipinski definition) is 1. The molecule has 0 radical (unpaired) electrons. The van der Waals surface area contributed by atoms with Crippen molar-refractivity contribution in [2.75, 3.05) is 13.6 Å². The highest BCUT2D eigenvalue weighted by atomic mass is 16.3. The van der Waals surface area contributed by atoms with Crippen molar-refractivity contribution in [1.82, 2.24) is 4.90 Å². The molecule has 0 saturated heterocycles. The first-order valence-electron chi connectivity index (χ1n) is 7.05. The average molecular weight is 255 g/mol. The van der Waals surface area contributed by atoms with E-state index in [0.29, 0.717) is 24.3 Å². The fourth-order valence-corrected chi connectivity index (χ4v) is 3.10. The Morgan fingerprint density at radius 1 is 1.44 bits per heavy atom. The molecule has 0 aromatic heterocycles. The molecule has 1 amide bonds. The number of carbonyl (C=O) groups is 1. The first kappa shape index (κ1) is 15.5. The summed E-state index contributed by atoms with van der Waals surface area (Å²) in [7, 11) is 1.79. The lowest BCUT2D eigenvalue weighted by Crippen LogP contribution is -2.40. The van der Waals surface area contributed by atoms with Crippen LogP contribution < -0.4 is 0 Å². The normalized spacial score (nSPS) is 23.8. The van der Waals surface area contributed by atoms with Crippen molar-refractivity contribution in [3.63, 3.8) is 0 Å². The largest absolute Gasteiger partial charge is 0.389 e. The van der Waals surface area contributed by atoms with Crippen LogP contribution in [0.25, 0.3) is 0 Å². The third-order valence-electron chi connectivity index (χ3n) is 3.82. The number of nitrogens with zero attached hydrogens (tertiary/aromatic N) is 1. The van der Waals surface area contributed by atoms with Gasteiger partial charge in [0.25, 0.3) is 0 Å². The van der Waals surface area contributed by atoms with Gasteiger partial charge in [0.1, 0.15) is 0 Å². The van der Waals surface area contributed by atoms with Crippen LogP contribution in [0.5, 0.6) is 0 Å². The Bertz CT molecular complexity index is 291. The lowest BCUT2D eigenvalue weighted by atomic mass is 9.71. The van der Waals surface area contributed by atoms with E-state index in [-0.39, 0.29) is 5.91 Å². The number of hydrogen-bond acceptors (Lipinski definition) is 2. The molecule has 0 heterocycles. The molecule has 1 aliphatic rings. The molecule has 1 unspecified atom stereocenters. The first-order valence-corrected chi connectivity index (χ1v) is 7.05. The van der Waals surface area contributed by atoms with Gasteiger partial charge >= 0.3 is 0 Å². The molecule has 1 N–H and O–H groups in total. The van der Waals surface area contributed by atoms with Gasteiger partial charge in [-0.3, -0.25) is 4.79 Å². The number of rotatable bonds is 4. The molecule has 0 aromatic carbocycles. The average Bonchev–Trinajstić information content (AvgIpc) is 2.12. The van der Waals surface area contributed by atoms with Crippen molar-refractivity contribution in [2.45, 2.75) is 65.4 Å². The van der Waals surface area contributed by atoms with E-state index in [0.717, 1.165) is 6.42 Å². The Kier molecular flexibility index (Phi) is 4.82. The van der Waals surface area contributed by atoms with Crippen LogP contribution in [0.2, 0.25) is 0 Å². The summed E-state index contributed by atoms with van der Waals surface area (Å²) < 4.78 is 0. The molecular formula is C15H29NO2. The maximum atomic E-state index is 12.1. The minimum Gasteiger partial charge on any atom is -0.389 e. The summed E-state index contributed by atoms with van der Waals surface area (Å²) in [6.07, 6.45) is 5.47. The quantitative estimate of drug-likeness (QED) is 0.839. The summed E-state index contributed by atoms with van der Waals surface area (Å²) in [4.78, 5) is 13.8. The van der Waals surface area contributed by atoms with Gasteiger partial charge in [-0.1, -0.05) is 20.3 Å². The third kappa shape index (κ3) is 5.38. The highest BCUT2D eigenvalue weighted by molar-refractivity contribution is 5.76. The molecule has 3 heteroatoms. The van der Waals surface area contributed by atoms with Crippen molar-refractivity contribution in [3.8, 4) is 0 Å². The summed E-state index contributed by atoms with van der Waals surface area (Å²) in [6.45, 7) is 8.47. The van der Waals surface area contributed by atoms with Crippen LogP contribution in [0.4, 0.5) is 0 Å². The molecule has 0 aliphatic heterocycles. The van der Waals surface area contributed by atoms with Crippen LogP contribution in [-0.4, -0.2) is 35.1 Å². The van der Waals surface area contributed by atoms with Gasteiger partial charge in [-0.05, 0) is 44.4 Å². The van der Waals surface area contributed by atoms with E-state index in [4.69, 9.17) is 0 Å². The van der Waals surface area contributed by atoms with Gasteiger partial charge in [0.05, 0.1) is 5.60 Å². The molecule has 1 atom stereocenters. The Labute approximate surface area is 112 Å². The highest BCUT2D eigenvalue weighted by Gasteiger charge is 2.30. The Hall–Kier alpha value is -0.570. The van der Waals surface area contributed by atoms with Gasteiger partial charge in [0, 0.05) is 20.0 Å². The van der Waals surface area contributed by atoms with Gasteiger partial charge in [-0.2, -0.15) is 0 Å². The van der Waals surface area contributed by atoms with E-state index in [9.17, 15) is 9.90 Å². The van der Waals surface area contributed by atoms with Crippen LogP contribution in [0.1, 0.15) is 59.8 Å². The van der Waals surface area contributed by atoms with E-state index >= 15 is 0 Å². The topological polar surface area (TPSA) is 40.5 Å². The summed E-state index contributed by atoms with van der Waals surface area (Å²) in [5.74, 6) is 0.685. The van der Waals surface area contributed by atoms with Gasteiger partial charge in [0.2, 0.25) is 5.91 Å². The molecular weight excluding hydrogens is 226 g/mol. The first-order chi connectivity index (χ1) is 8.09. The maximum absolute atomic E-state index is 12.1. The second-order valence-electron chi connectivity index (χ2n) is 7.39. The van der Waals surface area contributed by atoms with Crippen molar-refractivity contribution in [2.24, 2.45) is 11.3 Å². The van der Waals surface area contributed by atoms with Crippen LogP contribution in [0.3, 0.4) is 0 Å². The smallest absolute Gasteiger partial charge is 0.222 e. The molecule has 1 fully saturated rings. The van der Waals surface area contributed by atoms with E-state index < -0.39 is 5.60 Å². The molecule has 3 nitrogen and oxygen atoms in total. The molecule has 106 valence electrons. The fourth-order valence-electron chi connectivity index (χ4n) is 3.10. The Balaban J connectivity index is 2.44. The molecule has 1 saturated carbocycles. The summed E-state index contributed by atoms with van der Waals surface area (Å²) >= 11 is 0. The summed E-state index contributed by atoms with van der Waals surface area (Å²) in [5, 5.41) is 9.73. The Morgan fingerprint density at radius 2 is 2.06 bits per heavy atom. The molecule has 0 spiro atoms. The molecule has 1 rings (SSSR count). The fraction of sp³-hybridized carbons (Fsp3) is 0.933. The zero-order valence-electron chi connectivity index (χ0n) is 12.6. The van der Waals surface area contributed by atoms with Crippen LogP contribution in [0, 0.1) is 11.3 Å². The second-order valence-corrected chi connectivity index (χ2v) is 7.39. The summed E-state index contributed by atoms with van der Waals surface area (Å²) in [5.41, 5.74) is -0.422. The van der Waals surface area contributed by atoms with E-state index in [1.807, 2.05) is 0 Å². The van der Waals surface area contributed by atoms with Crippen molar-refractivity contribution in [1.29, 1.82) is 0 Å². The third-order valence-corrected chi connectivity index (χ3v) is 3.82. The van der Waals surface area contributed by atoms with Gasteiger partial charge in [0.15, 0.2) is 0 Å². The van der Waals surface area contributed by atoms with E-state index in [1.165, 1.54) is 19.3 Å². The van der Waals surface area contributed by atoms with Crippen molar-refractivity contribution >= 4 is 5.91 Å². The van der Waals surface area contributed by atoms with E-state index in [1.54, 1.807) is 25.8 Å². The van der Waals surface area contributed by atoms with Gasteiger partial charge in [-0.15, -0.1) is 0 Å². The predicted octanol–water partition coefficient (Wildman–Crippen LogP) is 2.82. The van der Waals surface area contributed by atoms with Crippen LogP contribution in [-0.2, 0) is 4.79 Å². The second kappa shape index (κ2) is 5.60. The van der Waals surface area contributed by atoms with Crippen molar-refractivity contribution < 1.29 is 9.90 Å². The lowest BCUT2D eigenvalue weighted by Gasteiger charge is -2.36. The SMILES string of the molecule is CN(CC(C)(C)O)C(=O)CC1CCCC(C)(C)C1. The van der Waals surface area contributed by atoms with Gasteiger partial charge in [-0.25, -0.2) is 0 Å². The van der Waals surface area contributed by atoms with Crippen LogP contribution >= 0.6 is 0 Å². The van der Waals surface area contributed by atoms with Crippen LogP contribution in [0.15, 0.2) is 0 Å². The zero-order chi connectivity index (χ0) is 14.0.